The van der Waals surface area contributed by atoms with Crippen LogP contribution in [0.15, 0.2) is 21.3 Å². The fourth-order valence-electron chi connectivity index (χ4n) is 3.58. The average Bonchev–Trinajstić information content (AvgIpc) is 3.12. The van der Waals surface area contributed by atoms with Crippen LogP contribution in [-0.4, -0.2) is 34.6 Å². The van der Waals surface area contributed by atoms with E-state index in [4.69, 9.17) is 4.42 Å². The number of aromatic nitrogens is 2. The van der Waals surface area contributed by atoms with Crippen LogP contribution in [0.1, 0.15) is 23.9 Å². The second kappa shape index (κ2) is 5.54. The van der Waals surface area contributed by atoms with Crippen molar-refractivity contribution in [2.75, 3.05) is 20.1 Å². The van der Waals surface area contributed by atoms with E-state index in [1.807, 2.05) is 7.05 Å². The monoisotopic (exact) mass is 369 g/mol. The summed E-state index contributed by atoms with van der Waals surface area (Å²) in [5.41, 5.74) is -1.23. The van der Waals surface area contributed by atoms with E-state index in [-0.39, 0.29) is 27.9 Å². The lowest BCUT2D eigenvalue weighted by atomic mass is 10.0. The van der Waals surface area contributed by atoms with Crippen molar-refractivity contribution in [1.29, 1.82) is 0 Å². The molecule has 0 aliphatic carbocycles. The number of likely N-dealkylation sites (tertiary alicyclic amines) is 1. The van der Waals surface area contributed by atoms with Gasteiger partial charge in [-0.05, 0) is 26.1 Å². The Morgan fingerprint density at radius 1 is 1.27 bits per heavy atom. The number of hydrogen-bond acceptors (Lipinski definition) is 4. The third-order valence-corrected chi connectivity index (χ3v) is 4.86. The molecule has 1 atom stereocenters. The molecule has 9 heteroatoms. The van der Waals surface area contributed by atoms with Gasteiger partial charge in [-0.1, -0.05) is 0 Å². The lowest BCUT2D eigenvalue weighted by Crippen LogP contribution is -2.14. The smallest absolute Gasteiger partial charge is 0.449 e. The van der Waals surface area contributed by atoms with Crippen LogP contribution in [0.3, 0.4) is 0 Å². The number of hydrogen-bond donors (Lipinski definition) is 0. The highest BCUT2D eigenvalue weighted by atomic mass is 19.4. The van der Waals surface area contributed by atoms with Crippen molar-refractivity contribution in [3.63, 3.8) is 0 Å². The van der Waals surface area contributed by atoms with Crippen molar-refractivity contribution in [3.8, 4) is 0 Å². The highest BCUT2D eigenvalue weighted by Crippen LogP contribution is 2.35. The largest absolute Gasteiger partial charge is 0.458 e. The molecule has 1 unspecified atom stereocenters. The van der Waals surface area contributed by atoms with Crippen molar-refractivity contribution in [1.82, 2.24) is 14.5 Å². The zero-order chi connectivity index (χ0) is 18.8. The molecule has 1 aromatic carbocycles. The normalized spacial score (nSPS) is 19.1. The molecule has 3 aromatic rings. The third kappa shape index (κ3) is 2.49. The van der Waals surface area contributed by atoms with Crippen molar-refractivity contribution in [2.24, 2.45) is 7.05 Å². The summed E-state index contributed by atoms with van der Waals surface area (Å²) in [6, 6.07) is 2.21. The van der Waals surface area contributed by atoms with Gasteiger partial charge in [0.25, 0.3) is 0 Å². The van der Waals surface area contributed by atoms with Gasteiger partial charge >= 0.3 is 6.18 Å². The molecule has 2 aromatic heterocycles. The fourth-order valence-corrected chi connectivity index (χ4v) is 3.58. The minimum Gasteiger partial charge on any atom is -0.458 e. The van der Waals surface area contributed by atoms with Gasteiger partial charge in [0.2, 0.25) is 5.82 Å². The van der Waals surface area contributed by atoms with Gasteiger partial charge in [0.15, 0.2) is 11.0 Å². The van der Waals surface area contributed by atoms with E-state index in [1.54, 1.807) is 0 Å². The summed E-state index contributed by atoms with van der Waals surface area (Å²) in [7, 11) is 3.02. The van der Waals surface area contributed by atoms with Gasteiger partial charge in [0.1, 0.15) is 22.6 Å². The molecule has 3 heterocycles. The number of benzene rings is 1. The molecule has 1 fully saturated rings. The number of imidazole rings is 1. The summed E-state index contributed by atoms with van der Waals surface area (Å²) >= 11 is 0. The lowest BCUT2D eigenvalue weighted by molar-refractivity contribution is -0.146. The Morgan fingerprint density at radius 2 is 2.00 bits per heavy atom. The first kappa shape index (κ1) is 17.0. The molecule has 138 valence electrons. The van der Waals surface area contributed by atoms with E-state index in [2.05, 4.69) is 9.88 Å². The van der Waals surface area contributed by atoms with Gasteiger partial charge in [-0.2, -0.15) is 13.2 Å². The molecule has 1 aliphatic heterocycles. The minimum atomic E-state index is -4.75. The number of aryl methyl sites for hydroxylation is 1. The summed E-state index contributed by atoms with van der Waals surface area (Å²) in [6.07, 6.45) is -3.98. The molecule has 0 saturated carbocycles. The maximum atomic E-state index is 14.4. The molecule has 0 bridgehead atoms. The molecule has 1 saturated heterocycles. The lowest BCUT2D eigenvalue weighted by Gasteiger charge is -2.10. The highest BCUT2D eigenvalue weighted by molar-refractivity contribution is 6.00. The Bertz CT molecular complexity index is 1080. The van der Waals surface area contributed by atoms with Crippen molar-refractivity contribution in [3.05, 3.63) is 39.8 Å². The summed E-state index contributed by atoms with van der Waals surface area (Å²) in [5, 5.41) is -0.114. The van der Waals surface area contributed by atoms with E-state index in [1.165, 1.54) is 6.07 Å². The number of nitrogens with zero attached hydrogens (tertiary/aromatic N) is 3. The van der Waals surface area contributed by atoms with Gasteiger partial charge in [0, 0.05) is 25.6 Å². The van der Waals surface area contributed by atoms with Crippen LogP contribution in [0.25, 0.3) is 22.0 Å². The number of halogens is 4. The molecule has 5 nitrogen and oxygen atoms in total. The Kier molecular flexibility index (Phi) is 3.62. The van der Waals surface area contributed by atoms with Crippen molar-refractivity contribution < 1.29 is 22.0 Å². The predicted octanol–water partition coefficient (Wildman–Crippen LogP) is 3.26. The Hall–Kier alpha value is -2.42. The summed E-state index contributed by atoms with van der Waals surface area (Å²) in [5.74, 6) is -1.84. The van der Waals surface area contributed by atoms with Crippen molar-refractivity contribution in [2.45, 2.75) is 18.5 Å². The first-order chi connectivity index (χ1) is 12.2. The molecule has 0 radical (unpaired) electrons. The Morgan fingerprint density at radius 3 is 2.62 bits per heavy atom. The van der Waals surface area contributed by atoms with Gasteiger partial charge in [0.05, 0.1) is 5.39 Å². The molecule has 1 aliphatic rings. The molecule has 0 amide bonds. The standard InChI is InChI=1S/C17H15F4N3O2/c1-23-4-3-8(7-23)12-6-11(25)9-5-10(18)14-13(15(9)26-12)22-16(24(14)2)17(19,20)21/h5-6,8H,3-4,7H2,1-2H3. The predicted molar refractivity (Wildman–Crippen MR) is 86.6 cm³/mol. The summed E-state index contributed by atoms with van der Waals surface area (Å²) in [6.45, 7) is 1.50. The van der Waals surface area contributed by atoms with Crippen LogP contribution >= 0.6 is 0 Å². The number of alkyl halides is 3. The van der Waals surface area contributed by atoms with Crippen LogP contribution < -0.4 is 5.43 Å². The van der Waals surface area contributed by atoms with E-state index in [9.17, 15) is 22.4 Å². The third-order valence-electron chi connectivity index (χ3n) is 4.86. The quantitative estimate of drug-likeness (QED) is 0.618. The van der Waals surface area contributed by atoms with Crippen LogP contribution in [0.4, 0.5) is 17.6 Å². The van der Waals surface area contributed by atoms with Crippen LogP contribution in [0, 0.1) is 5.82 Å². The molecule has 26 heavy (non-hydrogen) atoms. The average molecular weight is 369 g/mol. The second-order valence-electron chi connectivity index (χ2n) is 6.69. The van der Waals surface area contributed by atoms with Gasteiger partial charge in [-0.3, -0.25) is 4.79 Å². The van der Waals surface area contributed by atoms with Crippen molar-refractivity contribution >= 4 is 22.0 Å². The van der Waals surface area contributed by atoms with Crippen LogP contribution in [0.5, 0.6) is 0 Å². The molecular formula is C17H15F4N3O2. The molecular weight excluding hydrogens is 354 g/mol. The summed E-state index contributed by atoms with van der Waals surface area (Å²) in [4.78, 5) is 18.0. The van der Waals surface area contributed by atoms with E-state index in [0.717, 1.165) is 26.1 Å². The maximum absolute atomic E-state index is 14.4. The zero-order valence-corrected chi connectivity index (χ0v) is 14.0. The van der Waals surface area contributed by atoms with Gasteiger partial charge < -0.3 is 13.9 Å². The number of rotatable bonds is 1. The summed E-state index contributed by atoms with van der Waals surface area (Å²) < 4.78 is 60.3. The zero-order valence-electron chi connectivity index (χ0n) is 14.0. The first-order valence-corrected chi connectivity index (χ1v) is 8.05. The highest BCUT2D eigenvalue weighted by Gasteiger charge is 2.38. The van der Waals surface area contributed by atoms with E-state index < -0.39 is 23.2 Å². The molecule has 0 N–H and O–H groups in total. The maximum Gasteiger partial charge on any atom is 0.449 e. The molecule has 4 rings (SSSR count). The Balaban J connectivity index is 2.04. The fraction of sp³-hybridized carbons (Fsp3) is 0.412. The van der Waals surface area contributed by atoms with E-state index >= 15 is 0 Å². The Labute approximate surface area is 144 Å². The SMILES string of the molecule is CN1CCC(c2cc(=O)c3cc(F)c4c(nc(C(F)(F)F)n4C)c3o2)C1. The van der Waals surface area contributed by atoms with Gasteiger partial charge in [-0.15, -0.1) is 0 Å². The minimum absolute atomic E-state index is 0.0389. The number of fused-ring (bicyclic) bond motifs is 3. The van der Waals surface area contributed by atoms with Gasteiger partial charge in [-0.25, -0.2) is 9.37 Å². The van der Waals surface area contributed by atoms with E-state index in [0.29, 0.717) is 16.9 Å². The van der Waals surface area contributed by atoms with Crippen LogP contribution in [-0.2, 0) is 13.2 Å². The topological polar surface area (TPSA) is 51.3 Å². The molecule has 0 spiro atoms. The first-order valence-electron chi connectivity index (χ1n) is 8.05. The van der Waals surface area contributed by atoms with Crippen LogP contribution in [0.2, 0.25) is 0 Å². The second-order valence-corrected chi connectivity index (χ2v) is 6.69. The number of likely N-dealkylation sites (N-methyl/N-ethyl adjacent to an activating group) is 1.